The summed E-state index contributed by atoms with van der Waals surface area (Å²) in [7, 11) is 2.09. The van der Waals surface area contributed by atoms with Gasteiger partial charge in [-0.15, -0.1) is 0 Å². The fraction of sp³-hybridized carbons (Fsp3) is 0.500. The van der Waals surface area contributed by atoms with Gasteiger partial charge in [0.15, 0.2) is 0 Å². The Morgan fingerprint density at radius 1 is 1.10 bits per heavy atom. The van der Waals surface area contributed by atoms with Crippen molar-refractivity contribution in [3.8, 4) is 0 Å². The Hall–Kier alpha value is -1.41. The number of benzene rings is 1. The highest BCUT2D eigenvalue weighted by atomic mass is 14.9. The number of pyridine rings is 1. The molecule has 2 aromatic rings. The van der Waals surface area contributed by atoms with Crippen LogP contribution in [0, 0.1) is 5.92 Å². The van der Waals surface area contributed by atoms with Crippen molar-refractivity contribution in [3.05, 3.63) is 42.2 Å². The molecule has 1 atom stereocenters. The second kappa shape index (κ2) is 7.39. The molecule has 1 aromatic heterocycles. The number of nitrogens with one attached hydrogen (secondary N) is 1. The minimum Gasteiger partial charge on any atom is -0.313 e. The van der Waals surface area contributed by atoms with Gasteiger partial charge in [0.25, 0.3) is 0 Å². The fourth-order valence-corrected chi connectivity index (χ4v) is 3.28. The average Bonchev–Trinajstić information content (AvgIpc) is 2.49. The summed E-state index contributed by atoms with van der Waals surface area (Å²) < 4.78 is 0. The van der Waals surface area contributed by atoms with Crippen LogP contribution in [-0.2, 0) is 0 Å². The third kappa shape index (κ3) is 3.18. The van der Waals surface area contributed by atoms with E-state index in [-0.39, 0.29) is 0 Å². The van der Waals surface area contributed by atoms with Crippen molar-refractivity contribution in [2.45, 2.75) is 45.6 Å². The Balaban J connectivity index is 2.42. The molecule has 0 amide bonds. The summed E-state index contributed by atoms with van der Waals surface area (Å²) in [4.78, 5) is 4.24. The molecular formula is C18H26N2. The summed E-state index contributed by atoms with van der Waals surface area (Å²) >= 11 is 0. The first kappa shape index (κ1) is 15.0. The van der Waals surface area contributed by atoms with Gasteiger partial charge < -0.3 is 5.32 Å². The van der Waals surface area contributed by atoms with Gasteiger partial charge >= 0.3 is 0 Å². The standard InChI is InChI=1S/C18H26N2/c1-4-7-14(8-5-2)18(19-3)17-10-6-9-15-13-20-12-11-16(15)17/h6,9-14,18-19H,4-5,7-8H2,1-3H3. The van der Waals surface area contributed by atoms with Gasteiger partial charge in [0.2, 0.25) is 0 Å². The summed E-state index contributed by atoms with van der Waals surface area (Å²) in [5, 5.41) is 6.13. The van der Waals surface area contributed by atoms with Crippen LogP contribution in [0.1, 0.15) is 51.1 Å². The molecular weight excluding hydrogens is 244 g/mol. The van der Waals surface area contributed by atoms with Gasteiger partial charge in [-0.2, -0.15) is 0 Å². The van der Waals surface area contributed by atoms with Crippen molar-refractivity contribution in [3.63, 3.8) is 0 Å². The topological polar surface area (TPSA) is 24.9 Å². The van der Waals surface area contributed by atoms with Crippen LogP contribution < -0.4 is 5.32 Å². The van der Waals surface area contributed by atoms with Gasteiger partial charge in [0.05, 0.1) is 0 Å². The van der Waals surface area contributed by atoms with Gasteiger partial charge in [-0.3, -0.25) is 4.98 Å². The van der Waals surface area contributed by atoms with Gasteiger partial charge in [-0.25, -0.2) is 0 Å². The molecule has 1 N–H and O–H groups in total. The average molecular weight is 270 g/mol. The van der Waals surface area contributed by atoms with Crippen LogP contribution in [0.3, 0.4) is 0 Å². The Morgan fingerprint density at radius 2 is 1.85 bits per heavy atom. The number of rotatable bonds is 7. The summed E-state index contributed by atoms with van der Waals surface area (Å²) in [5.41, 5.74) is 1.42. The molecule has 0 bridgehead atoms. The van der Waals surface area contributed by atoms with Gasteiger partial charge in [0.1, 0.15) is 0 Å². The van der Waals surface area contributed by atoms with Crippen LogP contribution in [0.25, 0.3) is 10.8 Å². The highest BCUT2D eigenvalue weighted by Crippen LogP contribution is 2.33. The summed E-state index contributed by atoms with van der Waals surface area (Å²) in [6.45, 7) is 4.56. The molecule has 0 fully saturated rings. The van der Waals surface area contributed by atoms with Crippen molar-refractivity contribution >= 4 is 10.8 Å². The highest BCUT2D eigenvalue weighted by molar-refractivity contribution is 5.85. The zero-order chi connectivity index (χ0) is 14.4. The Labute approximate surface area is 122 Å². The molecule has 1 aromatic carbocycles. The summed E-state index contributed by atoms with van der Waals surface area (Å²) in [6, 6.07) is 9.14. The molecule has 0 spiro atoms. The molecule has 0 aliphatic rings. The maximum absolute atomic E-state index is 4.24. The van der Waals surface area contributed by atoms with E-state index in [1.165, 1.54) is 42.0 Å². The van der Waals surface area contributed by atoms with Crippen molar-refractivity contribution in [2.24, 2.45) is 5.92 Å². The van der Waals surface area contributed by atoms with Gasteiger partial charge in [-0.05, 0) is 42.8 Å². The first-order valence-corrected chi connectivity index (χ1v) is 7.81. The van der Waals surface area contributed by atoms with E-state index in [4.69, 9.17) is 0 Å². The Morgan fingerprint density at radius 3 is 2.50 bits per heavy atom. The van der Waals surface area contributed by atoms with Crippen molar-refractivity contribution in [1.82, 2.24) is 10.3 Å². The molecule has 20 heavy (non-hydrogen) atoms. The number of fused-ring (bicyclic) bond motifs is 1. The number of hydrogen-bond donors (Lipinski definition) is 1. The first-order valence-electron chi connectivity index (χ1n) is 7.81. The van der Waals surface area contributed by atoms with Crippen LogP contribution in [0.4, 0.5) is 0 Å². The highest BCUT2D eigenvalue weighted by Gasteiger charge is 2.21. The Kier molecular flexibility index (Phi) is 5.54. The lowest BCUT2D eigenvalue weighted by Gasteiger charge is -2.28. The number of hydrogen-bond acceptors (Lipinski definition) is 2. The van der Waals surface area contributed by atoms with E-state index in [0.29, 0.717) is 12.0 Å². The van der Waals surface area contributed by atoms with Crippen molar-refractivity contribution < 1.29 is 0 Å². The predicted octanol–water partition coefficient (Wildman–Crippen LogP) is 4.71. The largest absolute Gasteiger partial charge is 0.313 e. The lowest BCUT2D eigenvalue weighted by molar-refractivity contribution is 0.332. The smallest absolute Gasteiger partial charge is 0.0352 e. The molecule has 108 valence electrons. The molecule has 0 aliphatic heterocycles. The molecule has 0 saturated heterocycles. The second-order valence-corrected chi connectivity index (χ2v) is 5.55. The quantitative estimate of drug-likeness (QED) is 0.788. The molecule has 1 heterocycles. The normalized spacial score (nSPS) is 13.0. The van der Waals surface area contributed by atoms with Gasteiger partial charge in [-0.1, -0.05) is 44.9 Å². The lowest BCUT2D eigenvalue weighted by atomic mass is 9.84. The third-order valence-electron chi connectivity index (χ3n) is 4.15. The minimum absolute atomic E-state index is 0.431. The zero-order valence-electron chi connectivity index (χ0n) is 12.9. The molecule has 0 radical (unpaired) electrons. The van der Waals surface area contributed by atoms with Crippen molar-refractivity contribution in [1.29, 1.82) is 0 Å². The molecule has 0 aliphatic carbocycles. The number of nitrogens with zero attached hydrogens (tertiary/aromatic N) is 1. The second-order valence-electron chi connectivity index (χ2n) is 5.55. The first-order chi connectivity index (χ1) is 9.81. The molecule has 2 nitrogen and oxygen atoms in total. The fourth-order valence-electron chi connectivity index (χ4n) is 3.28. The van der Waals surface area contributed by atoms with Crippen LogP contribution in [0.2, 0.25) is 0 Å². The van der Waals surface area contributed by atoms with Crippen LogP contribution in [0.5, 0.6) is 0 Å². The van der Waals surface area contributed by atoms with E-state index in [2.05, 4.69) is 55.5 Å². The van der Waals surface area contributed by atoms with E-state index in [1.54, 1.807) is 0 Å². The maximum Gasteiger partial charge on any atom is 0.0352 e. The van der Waals surface area contributed by atoms with Crippen LogP contribution in [-0.4, -0.2) is 12.0 Å². The van der Waals surface area contributed by atoms with E-state index in [9.17, 15) is 0 Å². The van der Waals surface area contributed by atoms with Crippen molar-refractivity contribution in [2.75, 3.05) is 7.05 Å². The predicted molar refractivity (Wildman–Crippen MR) is 86.8 cm³/mol. The monoisotopic (exact) mass is 270 g/mol. The molecule has 0 saturated carbocycles. The van der Waals surface area contributed by atoms with E-state index < -0.39 is 0 Å². The Bertz CT molecular complexity index is 524. The SMILES string of the molecule is CCCC(CCC)C(NC)c1cccc2cnccc12. The maximum atomic E-state index is 4.24. The molecule has 2 heteroatoms. The number of aromatic nitrogens is 1. The minimum atomic E-state index is 0.431. The van der Waals surface area contributed by atoms with Crippen LogP contribution >= 0.6 is 0 Å². The molecule has 2 rings (SSSR count). The summed E-state index contributed by atoms with van der Waals surface area (Å²) in [6.07, 6.45) is 8.90. The molecule has 1 unspecified atom stereocenters. The van der Waals surface area contributed by atoms with Crippen LogP contribution in [0.15, 0.2) is 36.7 Å². The lowest BCUT2D eigenvalue weighted by Crippen LogP contribution is -2.25. The zero-order valence-corrected chi connectivity index (χ0v) is 12.9. The summed E-state index contributed by atoms with van der Waals surface area (Å²) in [5.74, 6) is 0.703. The van der Waals surface area contributed by atoms with Gasteiger partial charge in [0, 0.05) is 23.8 Å². The van der Waals surface area contributed by atoms with E-state index in [0.717, 1.165) is 0 Å². The van der Waals surface area contributed by atoms with E-state index >= 15 is 0 Å². The van der Waals surface area contributed by atoms with E-state index in [1.807, 2.05) is 12.4 Å². The third-order valence-corrected chi connectivity index (χ3v) is 4.15.